The minimum atomic E-state index is 0.543. The molecule has 0 aliphatic heterocycles. The summed E-state index contributed by atoms with van der Waals surface area (Å²) in [7, 11) is 1.59. The van der Waals surface area contributed by atoms with Crippen LogP contribution in [0.4, 0.5) is 0 Å². The summed E-state index contributed by atoms with van der Waals surface area (Å²) in [4.78, 5) is 12.9. The van der Waals surface area contributed by atoms with E-state index in [1.165, 1.54) is 0 Å². The summed E-state index contributed by atoms with van der Waals surface area (Å²) >= 11 is 0. The number of methoxy groups -OCH3 is 1. The molecule has 6 heteroatoms. The summed E-state index contributed by atoms with van der Waals surface area (Å²) in [6, 6.07) is 15.7. The van der Waals surface area contributed by atoms with Gasteiger partial charge in [-0.2, -0.15) is 10.1 Å². The number of pyridine rings is 1. The highest BCUT2D eigenvalue weighted by atomic mass is 16.5. The Kier molecular flexibility index (Phi) is 4.38. The molecule has 3 aromatic heterocycles. The standard InChI is InChI=1S/C20H17N5O/c1-26-19-7-10-22-20(23-19)17-6-2-5-16(12-17)18-8-11-25(24-18)14-15-4-3-9-21-13-15/h2-13H,14H2,1H3. The third-order valence-electron chi connectivity index (χ3n) is 3.96. The second kappa shape index (κ2) is 7.14. The fraction of sp³-hybridized carbons (Fsp3) is 0.100. The van der Waals surface area contributed by atoms with Crippen molar-refractivity contribution in [3.8, 4) is 28.5 Å². The van der Waals surface area contributed by atoms with Crippen molar-refractivity contribution in [3.05, 3.63) is 78.9 Å². The van der Waals surface area contributed by atoms with E-state index in [1.54, 1.807) is 25.6 Å². The van der Waals surface area contributed by atoms with E-state index in [4.69, 9.17) is 4.74 Å². The first kappa shape index (κ1) is 16.0. The number of rotatable bonds is 5. The fourth-order valence-electron chi connectivity index (χ4n) is 2.69. The molecule has 0 aliphatic rings. The van der Waals surface area contributed by atoms with Gasteiger partial charge in [0.15, 0.2) is 5.82 Å². The van der Waals surface area contributed by atoms with E-state index in [9.17, 15) is 0 Å². The van der Waals surface area contributed by atoms with Crippen LogP contribution in [0.1, 0.15) is 5.56 Å². The highest BCUT2D eigenvalue weighted by molar-refractivity contribution is 5.67. The predicted molar refractivity (Wildman–Crippen MR) is 98.6 cm³/mol. The van der Waals surface area contributed by atoms with Crippen LogP contribution in [0.5, 0.6) is 5.88 Å². The summed E-state index contributed by atoms with van der Waals surface area (Å²) in [5, 5.41) is 4.67. The van der Waals surface area contributed by atoms with E-state index in [-0.39, 0.29) is 0 Å². The molecule has 0 spiro atoms. The topological polar surface area (TPSA) is 65.7 Å². The van der Waals surface area contributed by atoms with Crippen LogP contribution in [-0.2, 0) is 6.54 Å². The number of aromatic nitrogens is 5. The van der Waals surface area contributed by atoms with Crippen molar-refractivity contribution in [1.29, 1.82) is 0 Å². The van der Waals surface area contributed by atoms with Crippen molar-refractivity contribution in [3.63, 3.8) is 0 Å². The molecule has 0 amide bonds. The summed E-state index contributed by atoms with van der Waals surface area (Å²) in [6.45, 7) is 0.687. The largest absolute Gasteiger partial charge is 0.481 e. The Morgan fingerprint density at radius 3 is 2.77 bits per heavy atom. The molecule has 0 atom stereocenters. The summed E-state index contributed by atoms with van der Waals surface area (Å²) in [5.74, 6) is 1.17. The minimum Gasteiger partial charge on any atom is -0.481 e. The molecule has 0 unspecified atom stereocenters. The molecule has 0 bridgehead atoms. The SMILES string of the molecule is COc1ccnc(-c2cccc(-c3ccn(Cc4cccnc4)n3)c2)n1. The van der Waals surface area contributed by atoms with Crippen LogP contribution in [0.25, 0.3) is 22.6 Å². The van der Waals surface area contributed by atoms with Gasteiger partial charge in [-0.1, -0.05) is 24.3 Å². The minimum absolute atomic E-state index is 0.543. The average Bonchev–Trinajstić information content (AvgIpc) is 3.17. The first-order chi connectivity index (χ1) is 12.8. The van der Waals surface area contributed by atoms with Gasteiger partial charge in [0, 0.05) is 42.0 Å². The summed E-state index contributed by atoms with van der Waals surface area (Å²) < 4.78 is 7.08. The number of benzene rings is 1. The Bertz CT molecular complexity index is 1010. The average molecular weight is 343 g/mol. The highest BCUT2D eigenvalue weighted by Crippen LogP contribution is 2.24. The molecule has 26 heavy (non-hydrogen) atoms. The molecule has 0 radical (unpaired) electrons. The van der Waals surface area contributed by atoms with Gasteiger partial charge in [0.1, 0.15) is 0 Å². The zero-order valence-electron chi connectivity index (χ0n) is 14.3. The summed E-state index contributed by atoms with van der Waals surface area (Å²) in [6.07, 6.45) is 7.28. The zero-order valence-corrected chi connectivity index (χ0v) is 14.3. The van der Waals surface area contributed by atoms with Gasteiger partial charge >= 0.3 is 0 Å². The van der Waals surface area contributed by atoms with Crippen LogP contribution < -0.4 is 4.74 Å². The second-order valence-electron chi connectivity index (χ2n) is 5.76. The van der Waals surface area contributed by atoms with Crippen LogP contribution in [0.2, 0.25) is 0 Å². The molecule has 0 aliphatic carbocycles. The van der Waals surface area contributed by atoms with Crippen molar-refractivity contribution in [2.45, 2.75) is 6.54 Å². The molecule has 4 rings (SSSR count). The normalized spacial score (nSPS) is 10.7. The van der Waals surface area contributed by atoms with E-state index in [0.717, 1.165) is 22.4 Å². The second-order valence-corrected chi connectivity index (χ2v) is 5.76. The first-order valence-corrected chi connectivity index (χ1v) is 8.22. The molecular weight excluding hydrogens is 326 g/mol. The molecule has 1 aromatic carbocycles. The van der Waals surface area contributed by atoms with E-state index < -0.39 is 0 Å². The van der Waals surface area contributed by atoms with Gasteiger partial charge in [0.2, 0.25) is 5.88 Å². The Morgan fingerprint density at radius 1 is 1.00 bits per heavy atom. The van der Waals surface area contributed by atoms with Crippen molar-refractivity contribution >= 4 is 0 Å². The molecule has 0 fully saturated rings. The highest BCUT2D eigenvalue weighted by Gasteiger charge is 2.08. The van der Waals surface area contributed by atoms with Crippen LogP contribution in [0, 0.1) is 0 Å². The monoisotopic (exact) mass is 343 g/mol. The Balaban J connectivity index is 1.61. The van der Waals surface area contributed by atoms with Gasteiger partial charge in [-0.25, -0.2) is 4.98 Å². The zero-order chi connectivity index (χ0) is 17.8. The Labute approximate surface area is 151 Å². The van der Waals surface area contributed by atoms with Gasteiger partial charge in [0.05, 0.1) is 19.3 Å². The van der Waals surface area contributed by atoms with Gasteiger partial charge < -0.3 is 4.74 Å². The van der Waals surface area contributed by atoms with Gasteiger partial charge in [-0.3, -0.25) is 9.67 Å². The fourth-order valence-corrected chi connectivity index (χ4v) is 2.69. The molecule has 3 heterocycles. The van der Waals surface area contributed by atoms with Crippen LogP contribution in [-0.4, -0.2) is 31.8 Å². The molecule has 4 aromatic rings. The van der Waals surface area contributed by atoms with Gasteiger partial charge in [-0.05, 0) is 23.8 Å². The molecular formula is C20H17N5O. The third kappa shape index (κ3) is 3.44. The van der Waals surface area contributed by atoms with Crippen LogP contribution >= 0.6 is 0 Å². The maximum Gasteiger partial charge on any atom is 0.216 e. The maximum absolute atomic E-state index is 5.18. The van der Waals surface area contributed by atoms with E-state index in [0.29, 0.717) is 18.2 Å². The van der Waals surface area contributed by atoms with E-state index >= 15 is 0 Å². The van der Waals surface area contributed by atoms with Gasteiger partial charge in [0.25, 0.3) is 0 Å². The lowest BCUT2D eigenvalue weighted by Crippen LogP contribution is -2.00. The quantitative estimate of drug-likeness (QED) is 0.555. The molecule has 0 saturated heterocycles. The van der Waals surface area contributed by atoms with Crippen LogP contribution in [0.15, 0.2) is 73.3 Å². The number of nitrogens with zero attached hydrogens (tertiary/aromatic N) is 5. The smallest absolute Gasteiger partial charge is 0.216 e. The van der Waals surface area contributed by atoms with Crippen molar-refractivity contribution < 1.29 is 4.74 Å². The number of hydrogen-bond donors (Lipinski definition) is 0. The van der Waals surface area contributed by atoms with Crippen LogP contribution in [0.3, 0.4) is 0 Å². The summed E-state index contributed by atoms with van der Waals surface area (Å²) in [5.41, 5.74) is 3.95. The first-order valence-electron chi connectivity index (χ1n) is 8.22. The number of ether oxygens (including phenoxy) is 1. The molecule has 0 N–H and O–H groups in total. The molecule has 0 saturated carbocycles. The Morgan fingerprint density at radius 2 is 1.92 bits per heavy atom. The van der Waals surface area contributed by atoms with Crippen molar-refractivity contribution in [2.75, 3.05) is 7.11 Å². The lowest BCUT2D eigenvalue weighted by atomic mass is 10.1. The van der Waals surface area contributed by atoms with Crippen molar-refractivity contribution in [2.24, 2.45) is 0 Å². The molecule has 6 nitrogen and oxygen atoms in total. The van der Waals surface area contributed by atoms with Gasteiger partial charge in [-0.15, -0.1) is 0 Å². The lowest BCUT2D eigenvalue weighted by Gasteiger charge is -2.05. The predicted octanol–water partition coefficient (Wildman–Crippen LogP) is 3.46. The third-order valence-corrected chi connectivity index (χ3v) is 3.96. The lowest BCUT2D eigenvalue weighted by molar-refractivity contribution is 0.397. The van der Waals surface area contributed by atoms with E-state index in [2.05, 4.69) is 20.1 Å². The maximum atomic E-state index is 5.18. The van der Waals surface area contributed by atoms with E-state index in [1.807, 2.05) is 59.5 Å². The number of hydrogen-bond acceptors (Lipinski definition) is 5. The van der Waals surface area contributed by atoms with Crippen molar-refractivity contribution in [1.82, 2.24) is 24.7 Å². The molecule has 128 valence electrons. The Hall–Kier alpha value is -3.54.